The van der Waals surface area contributed by atoms with Crippen LogP contribution in [0.25, 0.3) is 23.2 Å². The van der Waals surface area contributed by atoms with Gasteiger partial charge in [-0.05, 0) is 18.2 Å². The van der Waals surface area contributed by atoms with E-state index in [9.17, 15) is 0 Å². The van der Waals surface area contributed by atoms with Gasteiger partial charge < -0.3 is 10.3 Å². The Bertz CT molecular complexity index is 617. The third kappa shape index (κ3) is 0.973. The van der Waals surface area contributed by atoms with Crippen LogP contribution in [-0.2, 0) is 0 Å². The van der Waals surface area contributed by atoms with Crippen LogP contribution in [0.5, 0.6) is 0 Å². The number of hydrogen-bond donors (Lipinski definition) is 2. The molecule has 1 aliphatic rings. The fraction of sp³-hybridized carbons (Fsp3) is 0. The van der Waals surface area contributed by atoms with Gasteiger partial charge in [0.05, 0.1) is 0 Å². The molecule has 0 saturated carbocycles. The molecule has 1 aromatic carbocycles. The van der Waals surface area contributed by atoms with E-state index in [1.807, 2.05) is 24.5 Å². The maximum atomic E-state index is 3.38. The Morgan fingerprint density at radius 3 is 3.00 bits per heavy atom. The molecule has 0 fully saturated rings. The molecule has 1 aromatic heterocycles. The largest absolute Gasteiger partial charge is 0.367 e. The number of aromatic nitrogens is 1. The highest BCUT2D eigenvalue weighted by Gasteiger charge is 1.98. The molecule has 1 aliphatic heterocycles. The van der Waals surface area contributed by atoms with Crippen molar-refractivity contribution in [2.45, 2.75) is 0 Å². The monoisotopic (exact) mass is 182 g/mol. The molecule has 0 amide bonds. The van der Waals surface area contributed by atoms with Crippen LogP contribution < -0.4 is 15.9 Å². The van der Waals surface area contributed by atoms with Gasteiger partial charge in [-0.15, -0.1) is 0 Å². The van der Waals surface area contributed by atoms with E-state index in [-0.39, 0.29) is 0 Å². The van der Waals surface area contributed by atoms with Gasteiger partial charge in [-0.3, -0.25) is 0 Å². The average molecular weight is 182 g/mol. The molecule has 68 valence electrons. The first-order valence-electron chi connectivity index (χ1n) is 4.65. The summed E-state index contributed by atoms with van der Waals surface area (Å²) in [5.74, 6) is 0. The molecule has 14 heavy (non-hydrogen) atoms. The van der Waals surface area contributed by atoms with Gasteiger partial charge in [-0.25, -0.2) is 0 Å². The average Bonchev–Trinajstić information content (AvgIpc) is 2.42. The van der Waals surface area contributed by atoms with Crippen molar-refractivity contribution in [1.82, 2.24) is 10.3 Å². The number of fused-ring (bicyclic) bond motifs is 3. The number of para-hydroxylation sites is 1. The molecule has 2 heteroatoms. The van der Waals surface area contributed by atoms with Crippen LogP contribution in [0, 0.1) is 0 Å². The summed E-state index contributed by atoms with van der Waals surface area (Å²) in [5, 5.41) is 6.77. The van der Waals surface area contributed by atoms with Crippen LogP contribution in [0.2, 0.25) is 0 Å². The molecule has 2 aromatic rings. The third-order valence-corrected chi connectivity index (χ3v) is 2.46. The second kappa shape index (κ2) is 2.77. The lowest BCUT2D eigenvalue weighted by atomic mass is 10.2. The van der Waals surface area contributed by atoms with Crippen molar-refractivity contribution in [3.63, 3.8) is 0 Å². The summed E-state index contributed by atoms with van der Waals surface area (Å²) in [6.07, 6.45) is 8.01. The maximum absolute atomic E-state index is 3.38. The zero-order valence-corrected chi connectivity index (χ0v) is 7.62. The van der Waals surface area contributed by atoms with Crippen molar-refractivity contribution in [2.24, 2.45) is 0 Å². The van der Waals surface area contributed by atoms with Gasteiger partial charge in [0.1, 0.15) is 0 Å². The number of aromatic amines is 1. The highest BCUT2D eigenvalue weighted by Crippen LogP contribution is 2.03. The minimum absolute atomic E-state index is 1.16. The van der Waals surface area contributed by atoms with Gasteiger partial charge in [0, 0.05) is 33.9 Å². The Morgan fingerprint density at radius 2 is 2.00 bits per heavy atom. The summed E-state index contributed by atoms with van der Waals surface area (Å²) < 4.78 is 0. The molecule has 0 spiro atoms. The van der Waals surface area contributed by atoms with Crippen molar-refractivity contribution in [1.29, 1.82) is 0 Å². The van der Waals surface area contributed by atoms with E-state index in [0.717, 1.165) is 5.35 Å². The first-order chi connectivity index (χ1) is 6.95. The fourth-order valence-corrected chi connectivity index (χ4v) is 1.80. The molecule has 2 nitrogen and oxygen atoms in total. The summed E-state index contributed by atoms with van der Waals surface area (Å²) in [6, 6.07) is 8.32. The smallest absolute Gasteiger partial charge is 0.0480 e. The van der Waals surface area contributed by atoms with Gasteiger partial charge in [0.2, 0.25) is 0 Å². The zero-order chi connectivity index (χ0) is 9.38. The van der Waals surface area contributed by atoms with Crippen LogP contribution in [0.3, 0.4) is 0 Å². The Hall–Kier alpha value is -1.96. The van der Waals surface area contributed by atoms with Crippen LogP contribution in [-0.4, -0.2) is 4.98 Å². The Balaban J connectivity index is 2.57. The summed E-state index contributed by atoms with van der Waals surface area (Å²) in [7, 11) is 0. The first kappa shape index (κ1) is 7.44. The first-order valence-corrected chi connectivity index (χ1v) is 4.65. The van der Waals surface area contributed by atoms with E-state index in [4.69, 9.17) is 0 Å². The van der Waals surface area contributed by atoms with Crippen molar-refractivity contribution in [3.05, 3.63) is 47.1 Å². The molecule has 2 heterocycles. The van der Waals surface area contributed by atoms with Gasteiger partial charge in [-0.1, -0.05) is 18.2 Å². The van der Waals surface area contributed by atoms with E-state index < -0.39 is 0 Å². The maximum Gasteiger partial charge on any atom is 0.0480 e. The van der Waals surface area contributed by atoms with E-state index in [1.54, 1.807) is 0 Å². The minimum atomic E-state index is 1.16. The van der Waals surface area contributed by atoms with Gasteiger partial charge in [0.15, 0.2) is 0 Å². The normalized spacial score (nSPS) is 13.7. The van der Waals surface area contributed by atoms with E-state index >= 15 is 0 Å². The lowest BCUT2D eigenvalue weighted by Crippen LogP contribution is -2.23. The lowest BCUT2D eigenvalue weighted by Gasteiger charge is -1.87. The minimum Gasteiger partial charge on any atom is -0.367 e. The second-order valence-electron chi connectivity index (χ2n) is 3.33. The number of benzene rings is 1. The van der Waals surface area contributed by atoms with Crippen LogP contribution in [0.15, 0.2) is 36.5 Å². The number of rotatable bonds is 0. The summed E-state index contributed by atoms with van der Waals surface area (Å²) in [6.45, 7) is 0. The zero-order valence-electron chi connectivity index (χ0n) is 7.62. The van der Waals surface area contributed by atoms with Crippen LogP contribution in [0.1, 0.15) is 0 Å². The molecular formula is C12H10N2. The molecule has 3 rings (SSSR count). The van der Waals surface area contributed by atoms with E-state index in [1.165, 1.54) is 16.1 Å². The molecular weight excluding hydrogens is 172 g/mol. The number of nitrogens with one attached hydrogen (secondary N) is 2. The van der Waals surface area contributed by atoms with Crippen molar-refractivity contribution < 1.29 is 0 Å². The molecule has 2 N–H and O–H groups in total. The van der Waals surface area contributed by atoms with Gasteiger partial charge >= 0.3 is 0 Å². The Labute approximate surface area is 81.3 Å². The molecule has 0 radical (unpaired) electrons. The summed E-state index contributed by atoms with van der Waals surface area (Å²) in [5.41, 5.74) is 1.18. The van der Waals surface area contributed by atoms with E-state index in [2.05, 4.69) is 34.6 Å². The van der Waals surface area contributed by atoms with Crippen LogP contribution >= 0.6 is 0 Å². The predicted molar refractivity (Wildman–Crippen MR) is 58.8 cm³/mol. The quantitative estimate of drug-likeness (QED) is 0.620. The van der Waals surface area contributed by atoms with Crippen molar-refractivity contribution in [2.75, 3.05) is 0 Å². The van der Waals surface area contributed by atoms with Crippen LogP contribution in [0.4, 0.5) is 0 Å². The van der Waals surface area contributed by atoms with Crippen molar-refractivity contribution >= 4 is 23.2 Å². The van der Waals surface area contributed by atoms with E-state index in [0.29, 0.717) is 0 Å². The molecule has 0 aliphatic carbocycles. The second-order valence-corrected chi connectivity index (χ2v) is 3.33. The number of hydrogen-bond acceptors (Lipinski definition) is 1. The third-order valence-electron chi connectivity index (χ3n) is 2.46. The Morgan fingerprint density at radius 1 is 1.07 bits per heavy atom. The highest BCUT2D eigenvalue weighted by atomic mass is 14.8. The van der Waals surface area contributed by atoms with Gasteiger partial charge in [-0.2, -0.15) is 0 Å². The molecule has 0 unspecified atom stereocenters. The lowest BCUT2D eigenvalue weighted by molar-refractivity contribution is 1.28. The number of allylic oxidation sites excluding steroid dienone is 1. The fourth-order valence-electron chi connectivity index (χ4n) is 1.80. The Kier molecular flexibility index (Phi) is 1.47. The molecule has 0 atom stereocenters. The predicted octanol–water partition coefficient (Wildman–Crippen LogP) is 0.803. The molecule has 0 bridgehead atoms. The number of H-pyrrole nitrogens is 1. The summed E-state index contributed by atoms with van der Waals surface area (Å²) in [4.78, 5) is 3.38. The SMILES string of the molecule is C1=CNC=c2c([nH]c3ccccc23)=C1. The van der Waals surface area contributed by atoms with Crippen molar-refractivity contribution in [3.8, 4) is 0 Å². The summed E-state index contributed by atoms with van der Waals surface area (Å²) >= 11 is 0. The highest BCUT2D eigenvalue weighted by molar-refractivity contribution is 5.81. The van der Waals surface area contributed by atoms with Gasteiger partial charge in [0.25, 0.3) is 0 Å². The topological polar surface area (TPSA) is 27.8 Å². The standard InChI is InChI=1S/C12H10N2/c1-2-5-11-9(4-1)10-8-13-7-3-6-12(10)14-11/h1-8,13-14H. The molecule has 0 saturated heterocycles.